The second kappa shape index (κ2) is 5.40. The summed E-state index contributed by atoms with van der Waals surface area (Å²) >= 11 is 0. The predicted octanol–water partition coefficient (Wildman–Crippen LogP) is 3.55. The van der Waals surface area contributed by atoms with E-state index in [0.717, 1.165) is 24.0 Å². The normalized spacial score (nSPS) is 10.8. The highest BCUT2D eigenvalue weighted by molar-refractivity contribution is 5.44. The lowest BCUT2D eigenvalue weighted by molar-refractivity contribution is 0.465. The molecule has 1 aromatic carbocycles. The summed E-state index contributed by atoms with van der Waals surface area (Å²) in [6.07, 6.45) is 7.60. The van der Waals surface area contributed by atoms with Crippen LogP contribution in [0.4, 0.5) is 0 Å². The molecule has 0 radical (unpaired) electrons. The van der Waals surface area contributed by atoms with Crippen LogP contribution >= 0.6 is 0 Å². The van der Waals surface area contributed by atoms with Crippen LogP contribution in [0.2, 0.25) is 0 Å². The number of phenolic OH excluding ortho intramolecular Hbond substituents is 1. The van der Waals surface area contributed by atoms with Gasteiger partial charge in [-0.05, 0) is 43.4 Å². The van der Waals surface area contributed by atoms with E-state index in [4.69, 9.17) is 0 Å². The molecule has 0 heterocycles. The largest absolute Gasteiger partial charge is 0.507 e. The van der Waals surface area contributed by atoms with Crippen LogP contribution in [0.25, 0.3) is 0 Å². The first-order valence-corrected chi connectivity index (χ1v) is 5.22. The van der Waals surface area contributed by atoms with Gasteiger partial charge in [-0.25, -0.2) is 0 Å². The summed E-state index contributed by atoms with van der Waals surface area (Å²) in [6, 6.07) is 4.08. The van der Waals surface area contributed by atoms with Crippen LogP contribution in [0.1, 0.15) is 23.6 Å². The summed E-state index contributed by atoms with van der Waals surface area (Å²) in [5.74, 6) is 0.402. The first kappa shape index (κ1) is 11.6. The van der Waals surface area contributed by atoms with E-state index in [-0.39, 0.29) is 0 Å². The molecular weight excluding hydrogens is 184 g/mol. The lowest BCUT2D eigenvalue weighted by atomic mass is 10.0. The Morgan fingerprint density at radius 2 is 2.07 bits per heavy atom. The van der Waals surface area contributed by atoms with E-state index >= 15 is 0 Å². The Balaban J connectivity index is 3.04. The van der Waals surface area contributed by atoms with Crippen molar-refractivity contribution in [2.45, 2.75) is 26.7 Å². The number of phenols is 1. The smallest absolute Gasteiger partial charge is 0.122 e. The fourth-order valence-corrected chi connectivity index (χ4v) is 1.62. The van der Waals surface area contributed by atoms with Gasteiger partial charge < -0.3 is 5.11 Å². The third-order valence-electron chi connectivity index (χ3n) is 2.39. The average Bonchev–Trinajstić information content (AvgIpc) is 2.22. The maximum absolute atomic E-state index is 9.81. The molecule has 1 aromatic rings. The molecule has 1 nitrogen and oxygen atoms in total. The summed E-state index contributed by atoms with van der Waals surface area (Å²) in [5.41, 5.74) is 3.14. The number of hydrogen-bond acceptors (Lipinski definition) is 1. The fourth-order valence-electron chi connectivity index (χ4n) is 1.62. The van der Waals surface area contributed by atoms with Gasteiger partial charge in [-0.1, -0.05) is 30.4 Å². The van der Waals surface area contributed by atoms with Crippen LogP contribution < -0.4 is 0 Å². The van der Waals surface area contributed by atoms with E-state index in [1.807, 2.05) is 38.1 Å². The molecule has 15 heavy (non-hydrogen) atoms. The Kier molecular flexibility index (Phi) is 4.17. The van der Waals surface area contributed by atoms with Gasteiger partial charge in [-0.2, -0.15) is 0 Å². The van der Waals surface area contributed by atoms with Crippen LogP contribution in [0.3, 0.4) is 0 Å². The van der Waals surface area contributed by atoms with Crippen molar-refractivity contribution >= 4 is 0 Å². The molecule has 0 aliphatic heterocycles. The zero-order valence-corrected chi connectivity index (χ0v) is 9.46. The fraction of sp³-hybridized carbons (Fsp3) is 0.286. The molecule has 1 heteroatoms. The highest BCUT2D eigenvalue weighted by Crippen LogP contribution is 2.25. The van der Waals surface area contributed by atoms with Gasteiger partial charge in [0.05, 0.1) is 0 Å². The van der Waals surface area contributed by atoms with E-state index in [2.05, 4.69) is 12.7 Å². The lowest BCUT2D eigenvalue weighted by Gasteiger charge is -2.08. The van der Waals surface area contributed by atoms with Crippen molar-refractivity contribution in [2.24, 2.45) is 0 Å². The SMILES string of the molecule is C=CCc1cc(C/C=C/C)cc(C)c1O. The van der Waals surface area contributed by atoms with Crippen molar-refractivity contribution in [3.05, 3.63) is 53.6 Å². The monoisotopic (exact) mass is 202 g/mol. The van der Waals surface area contributed by atoms with Crippen molar-refractivity contribution in [1.82, 2.24) is 0 Å². The van der Waals surface area contributed by atoms with Gasteiger partial charge in [-0.3, -0.25) is 0 Å². The Morgan fingerprint density at radius 3 is 2.67 bits per heavy atom. The van der Waals surface area contributed by atoms with Gasteiger partial charge in [0.1, 0.15) is 5.75 Å². The molecule has 0 fully saturated rings. The van der Waals surface area contributed by atoms with Gasteiger partial charge in [0.15, 0.2) is 0 Å². The highest BCUT2D eigenvalue weighted by Gasteiger charge is 2.04. The topological polar surface area (TPSA) is 20.2 Å². The van der Waals surface area contributed by atoms with Gasteiger partial charge in [0.2, 0.25) is 0 Å². The first-order valence-electron chi connectivity index (χ1n) is 5.22. The molecule has 0 aliphatic carbocycles. The summed E-state index contributed by atoms with van der Waals surface area (Å²) in [5, 5.41) is 9.81. The quantitative estimate of drug-likeness (QED) is 0.740. The van der Waals surface area contributed by atoms with Crippen LogP contribution in [-0.4, -0.2) is 5.11 Å². The molecule has 80 valence electrons. The number of aromatic hydroxyl groups is 1. The Bertz CT molecular complexity index is 375. The van der Waals surface area contributed by atoms with Crippen molar-refractivity contribution in [2.75, 3.05) is 0 Å². The molecule has 0 bridgehead atoms. The average molecular weight is 202 g/mol. The molecule has 1 rings (SSSR count). The predicted molar refractivity (Wildman–Crippen MR) is 65.3 cm³/mol. The van der Waals surface area contributed by atoms with E-state index in [9.17, 15) is 5.11 Å². The first-order chi connectivity index (χ1) is 7.19. The lowest BCUT2D eigenvalue weighted by Crippen LogP contribution is -1.90. The minimum absolute atomic E-state index is 0.402. The van der Waals surface area contributed by atoms with Gasteiger partial charge in [0, 0.05) is 0 Å². The number of benzene rings is 1. The summed E-state index contributed by atoms with van der Waals surface area (Å²) in [4.78, 5) is 0. The van der Waals surface area contributed by atoms with E-state index in [1.165, 1.54) is 5.56 Å². The zero-order valence-electron chi connectivity index (χ0n) is 9.46. The van der Waals surface area contributed by atoms with E-state index in [1.54, 1.807) is 0 Å². The van der Waals surface area contributed by atoms with Gasteiger partial charge >= 0.3 is 0 Å². The highest BCUT2D eigenvalue weighted by atomic mass is 16.3. The van der Waals surface area contributed by atoms with Crippen LogP contribution in [0.5, 0.6) is 5.75 Å². The van der Waals surface area contributed by atoms with E-state index in [0.29, 0.717) is 5.75 Å². The second-order valence-corrected chi connectivity index (χ2v) is 3.69. The molecule has 0 unspecified atom stereocenters. The van der Waals surface area contributed by atoms with Gasteiger partial charge in [-0.15, -0.1) is 6.58 Å². The summed E-state index contributed by atoms with van der Waals surface area (Å²) in [7, 11) is 0. The number of aryl methyl sites for hydroxylation is 1. The molecular formula is C14H18O. The molecule has 0 atom stereocenters. The maximum Gasteiger partial charge on any atom is 0.122 e. The van der Waals surface area contributed by atoms with Crippen LogP contribution in [-0.2, 0) is 12.8 Å². The molecule has 0 aromatic heterocycles. The number of rotatable bonds is 4. The minimum atomic E-state index is 0.402. The zero-order chi connectivity index (χ0) is 11.3. The van der Waals surface area contributed by atoms with Crippen molar-refractivity contribution in [3.63, 3.8) is 0 Å². The summed E-state index contributed by atoms with van der Waals surface area (Å²) < 4.78 is 0. The van der Waals surface area contributed by atoms with Crippen LogP contribution in [0, 0.1) is 6.92 Å². The maximum atomic E-state index is 9.81. The molecule has 0 saturated carbocycles. The standard InChI is InChI=1S/C14H18O/c1-4-6-8-12-9-11(3)14(15)13(10-12)7-5-2/h4-6,9-10,15H,2,7-8H2,1,3H3/b6-4+. The van der Waals surface area contributed by atoms with Crippen molar-refractivity contribution in [1.29, 1.82) is 0 Å². The third-order valence-corrected chi connectivity index (χ3v) is 2.39. The summed E-state index contributed by atoms with van der Waals surface area (Å²) in [6.45, 7) is 7.64. The Morgan fingerprint density at radius 1 is 1.33 bits per heavy atom. The molecule has 0 saturated heterocycles. The second-order valence-electron chi connectivity index (χ2n) is 3.69. The van der Waals surface area contributed by atoms with Crippen molar-refractivity contribution in [3.8, 4) is 5.75 Å². The number of hydrogen-bond donors (Lipinski definition) is 1. The van der Waals surface area contributed by atoms with Gasteiger partial charge in [0.25, 0.3) is 0 Å². The molecule has 0 amide bonds. The van der Waals surface area contributed by atoms with Crippen molar-refractivity contribution < 1.29 is 5.11 Å². The number of allylic oxidation sites excluding steroid dienone is 3. The van der Waals surface area contributed by atoms with E-state index < -0.39 is 0 Å². The molecule has 0 spiro atoms. The third kappa shape index (κ3) is 2.98. The molecule has 0 aliphatic rings. The Labute approximate surface area is 91.8 Å². The Hall–Kier alpha value is -1.50. The minimum Gasteiger partial charge on any atom is -0.507 e. The van der Waals surface area contributed by atoms with Crippen LogP contribution in [0.15, 0.2) is 36.9 Å². The molecule has 1 N–H and O–H groups in total.